The van der Waals surface area contributed by atoms with Gasteiger partial charge in [-0.25, -0.2) is 0 Å². The molecule has 0 aromatic heterocycles. The Morgan fingerprint density at radius 3 is 2.43 bits per heavy atom. The number of hydrogen-bond acceptors (Lipinski definition) is 2. The second kappa shape index (κ2) is 7.24. The lowest BCUT2D eigenvalue weighted by Crippen LogP contribution is -2.43. The third kappa shape index (κ3) is 5.61. The molecule has 0 aromatic carbocycles. The highest BCUT2D eigenvalue weighted by atomic mass is 16.5. The number of rotatable bonds is 8. The summed E-state index contributed by atoms with van der Waals surface area (Å²) in [6.07, 6.45) is 4.46. The Kier molecular flexibility index (Phi) is 7.20. The molecular weight excluding hydrogens is 174 g/mol. The molecule has 2 atom stereocenters. The zero-order valence-corrected chi connectivity index (χ0v) is 10.3. The molecule has 0 aliphatic carbocycles. The molecule has 2 unspecified atom stereocenters. The third-order valence-electron chi connectivity index (χ3n) is 3.17. The van der Waals surface area contributed by atoms with Crippen molar-refractivity contribution in [2.24, 2.45) is 11.7 Å². The molecule has 0 saturated heterocycles. The van der Waals surface area contributed by atoms with Gasteiger partial charge in [0.1, 0.15) is 0 Å². The molecule has 0 aliphatic heterocycles. The maximum atomic E-state index is 6.21. The van der Waals surface area contributed by atoms with E-state index in [9.17, 15) is 0 Å². The summed E-state index contributed by atoms with van der Waals surface area (Å²) in [7, 11) is 0. The Bertz CT molecular complexity index is 134. The fourth-order valence-electron chi connectivity index (χ4n) is 1.35. The van der Waals surface area contributed by atoms with Gasteiger partial charge in [0.05, 0.1) is 0 Å². The van der Waals surface area contributed by atoms with Crippen LogP contribution in [0.1, 0.15) is 53.4 Å². The molecule has 2 N–H and O–H groups in total. The highest BCUT2D eigenvalue weighted by molar-refractivity contribution is 4.83. The molecule has 2 heteroatoms. The minimum atomic E-state index is -0.0685. The molecular formula is C12H27NO. The van der Waals surface area contributed by atoms with E-state index in [4.69, 9.17) is 10.5 Å². The van der Waals surface area contributed by atoms with Crippen molar-refractivity contribution in [1.29, 1.82) is 0 Å². The Morgan fingerprint density at radius 1 is 1.29 bits per heavy atom. The maximum Gasteiger partial charge on any atom is 0.0483 e. The molecule has 0 spiro atoms. The van der Waals surface area contributed by atoms with Crippen molar-refractivity contribution < 1.29 is 4.74 Å². The number of unbranched alkanes of at least 4 members (excludes halogenated alkanes) is 1. The summed E-state index contributed by atoms with van der Waals surface area (Å²) in [5, 5.41) is 0. The maximum absolute atomic E-state index is 6.21. The van der Waals surface area contributed by atoms with Gasteiger partial charge in [-0.2, -0.15) is 0 Å². The largest absolute Gasteiger partial charge is 0.381 e. The predicted molar refractivity (Wildman–Crippen MR) is 62.4 cm³/mol. The summed E-state index contributed by atoms with van der Waals surface area (Å²) < 4.78 is 5.52. The fraction of sp³-hybridized carbons (Fsp3) is 1.00. The Labute approximate surface area is 89.2 Å². The molecule has 14 heavy (non-hydrogen) atoms. The van der Waals surface area contributed by atoms with Crippen LogP contribution in [0.2, 0.25) is 0 Å². The van der Waals surface area contributed by atoms with Gasteiger partial charge in [-0.05, 0) is 25.7 Å². The first kappa shape index (κ1) is 13.9. The SMILES string of the molecule is CCCCOCCC(C)(N)C(C)CC. The summed E-state index contributed by atoms with van der Waals surface area (Å²) in [6.45, 7) is 10.4. The first-order chi connectivity index (χ1) is 6.54. The molecule has 0 bridgehead atoms. The van der Waals surface area contributed by atoms with Crippen molar-refractivity contribution in [3.63, 3.8) is 0 Å². The van der Waals surface area contributed by atoms with Crippen molar-refractivity contribution in [2.75, 3.05) is 13.2 Å². The van der Waals surface area contributed by atoms with Crippen molar-refractivity contribution >= 4 is 0 Å². The average Bonchev–Trinajstić information content (AvgIpc) is 2.16. The zero-order chi connectivity index (χ0) is 11.0. The summed E-state index contributed by atoms with van der Waals surface area (Å²) in [4.78, 5) is 0. The Morgan fingerprint density at radius 2 is 1.93 bits per heavy atom. The molecule has 0 aromatic rings. The van der Waals surface area contributed by atoms with Gasteiger partial charge in [-0.15, -0.1) is 0 Å². The second-order valence-corrected chi connectivity index (χ2v) is 4.53. The summed E-state index contributed by atoms with van der Waals surface area (Å²) in [5.74, 6) is 0.567. The van der Waals surface area contributed by atoms with E-state index in [0.29, 0.717) is 5.92 Å². The second-order valence-electron chi connectivity index (χ2n) is 4.53. The van der Waals surface area contributed by atoms with Crippen LogP contribution in [0.25, 0.3) is 0 Å². The summed E-state index contributed by atoms with van der Waals surface area (Å²) in [6, 6.07) is 0. The van der Waals surface area contributed by atoms with E-state index in [1.165, 1.54) is 6.42 Å². The molecule has 0 saturated carbocycles. The van der Waals surface area contributed by atoms with Crippen molar-refractivity contribution in [3.8, 4) is 0 Å². The monoisotopic (exact) mass is 201 g/mol. The number of ether oxygens (including phenoxy) is 1. The van der Waals surface area contributed by atoms with Crippen LogP contribution >= 0.6 is 0 Å². The first-order valence-electron chi connectivity index (χ1n) is 5.91. The fourth-order valence-corrected chi connectivity index (χ4v) is 1.35. The molecule has 0 heterocycles. The van der Waals surface area contributed by atoms with Crippen LogP contribution in [-0.2, 0) is 4.74 Å². The van der Waals surface area contributed by atoms with E-state index < -0.39 is 0 Å². The van der Waals surface area contributed by atoms with E-state index in [2.05, 4.69) is 27.7 Å². The Balaban J connectivity index is 3.55. The summed E-state index contributed by atoms with van der Waals surface area (Å²) >= 11 is 0. The number of hydrogen-bond donors (Lipinski definition) is 1. The predicted octanol–water partition coefficient (Wildman–Crippen LogP) is 2.96. The number of nitrogens with two attached hydrogens (primary N) is 1. The van der Waals surface area contributed by atoms with E-state index >= 15 is 0 Å². The molecule has 0 rings (SSSR count). The molecule has 86 valence electrons. The van der Waals surface area contributed by atoms with Crippen LogP contribution in [0.3, 0.4) is 0 Å². The normalized spacial score (nSPS) is 17.8. The zero-order valence-electron chi connectivity index (χ0n) is 10.3. The summed E-state index contributed by atoms with van der Waals surface area (Å²) in [5.41, 5.74) is 6.14. The van der Waals surface area contributed by atoms with Crippen LogP contribution in [0.4, 0.5) is 0 Å². The highest BCUT2D eigenvalue weighted by Gasteiger charge is 2.24. The molecule has 0 amide bonds. The standard InChI is InChI=1S/C12H27NO/c1-5-7-9-14-10-8-12(4,13)11(3)6-2/h11H,5-10,13H2,1-4H3. The van der Waals surface area contributed by atoms with Gasteiger partial charge in [0.15, 0.2) is 0 Å². The van der Waals surface area contributed by atoms with Crippen molar-refractivity contribution in [3.05, 3.63) is 0 Å². The minimum Gasteiger partial charge on any atom is -0.381 e. The minimum absolute atomic E-state index is 0.0685. The van der Waals surface area contributed by atoms with Crippen LogP contribution < -0.4 is 5.73 Å². The van der Waals surface area contributed by atoms with E-state index in [1.807, 2.05) is 0 Å². The topological polar surface area (TPSA) is 35.2 Å². The van der Waals surface area contributed by atoms with Gasteiger partial charge < -0.3 is 10.5 Å². The third-order valence-corrected chi connectivity index (χ3v) is 3.17. The van der Waals surface area contributed by atoms with E-state index in [-0.39, 0.29) is 5.54 Å². The highest BCUT2D eigenvalue weighted by Crippen LogP contribution is 2.20. The smallest absolute Gasteiger partial charge is 0.0483 e. The van der Waals surface area contributed by atoms with Crippen molar-refractivity contribution in [2.45, 2.75) is 58.9 Å². The van der Waals surface area contributed by atoms with Crippen LogP contribution in [0, 0.1) is 5.92 Å². The lowest BCUT2D eigenvalue weighted by Gasteiger charge is -2.31. The van der Waals surface area contributed by atoms with Gasteiger partial charge in [-0.1, -0.05) is 33.6 Å². The quantitative estimate of drug-likeness (QED) is 0.613. The van der Waals surface area contributed by atoms with Gasteiger partial charge >= 0.3 is 0 Å². The van der Waals surface area contributed by atoms with E-state index in [1.54, 1.807) is 0 Å². The molecule has 2 nitrogen and oxygen atoms in total. The lowest BCUT2D eigenvalue weighted by atomic mass is 9.84. The molecule has 0 radical (unpaired) electrons. The van der Waals surface area contributed by atoms with Crippen LogP contribution in [-0.4, -0.2) is 18.8 Å². The molecule has 0 aliphatic rings. The Hall–Kier alpha value is -0.0800. The molecule has 0 fully saturated rings. The van der Waals surface area contributed by atoms with Crippen molar-refractivity contribution in [1.82, 2.24) is 0 Å². The van der Waals surface area contributed by atoms with Crippen LogP contribution in [0.5, 0.6) is 0 Å². The van der Waals surface area contributed by atoms with Gasteiger partial charge in [0.25, 0.3) is 0 Å². The van der Waals surface area contributed by atoms with Gasteiger partial charge in [-0.3, -0.25) is 0 Å². The lowest BCUT2D eigenvalue weighted by molar-refractivity contribution is 0.103. The van der Waals surface area contributed by atoms with Gasteiger partial charge in [0, 0.05) is 18.8 Å². The average molecular weight is 201 g/mol. The van der Waals surface area contributed by atoms with Crippen LogP contribution in [0.15, 0.2) is 0 Å². The first-order valence-corrected chi connectivity index (χ1v) is 5.91. The van der Waals surface area contributed by atoms with Gasteiger partial charge in [0.2, 0.25) is 0 Å². The van der Waals surface area contributed by atoms with E-state index in [0.717, 1.165) is 32.5 Å².